The Bertz CT molecular complexity index is 714. The lowest BCUT2D eigenvalue weighted by molar-refractivity contribution is 0.251. The lowest BCUT2D eigenvalue weighted by Crippen LogP contribution is -2.28. The van der Waals surface area contributed by atoms with E-state index < -0.39 is 0 Å². The van der Waals surface area contributed by atoms with E-state index in [1.54, 1.807) is 0 Å². The molecular weight excluding hydrogens is 314 g/mol. The number of carbonyl (C=O) groups excluding carboxylic acids is 1. The Labute approximate surface area is 149 Å². The summed E-state index contributed by atoms with van der Waals surface area (Å²) in [7, 11) is 0. The Morgan fingerprint density at radius 2 is 1.96 bits per heavy atom. The third-order valence-corrected chi connectivity index (χ3v) is 3.52. The predicted octanol–water partition coefficient (Wildman–Crippen LogP) is 4.54. The van der Waals surface area contributed by atoms with Gasteiger partial charge in [0.2, 0.25) is 0 Å². The summed E-state index contributed by atoms with van der Waals surface area (Å²) in [5.41, 5.74) is 3.84. The second kappa shape index (κ2) is 8.97. The third kappa shape index (κ3) is 6.03. The SMILES string of the molecule is CCOc1cc(C)ccc1NC(=O)NCc1cccc(NC(C)C)c1. The molecule has 0 aromatic heterocycles. The van der Waals surface area contributed by atoms with Gasteiger partial charge in [-0.2, -0.15) is 0 Å². The highest BCUT2D eigenvalue weighted by molar-refractivity contribution is 5.91. The summed E-state index contributed by atoms with van der Waals surface area (Å²) in [6.45, 7) is 9.10. The standard InChI is InChI=1S/C20H27N3O2/c1-5-25-19-11-15(4)9-10-18(19)23-20(24)21-13-16-7-6-8-17(12-16)22-14(2)3/h6-12,14,22H,5,13H2,1-4H3,(H2,21,23,24). The summed E-state index contributed by atoms with van der Waals surface area (Å²) in [6.07, 6.45) is 0. The molecule has 0 atom stereocenters. The molecule has 0 fully saturated rings. The minimum Gasteiger partial charge on any atom is -0.492 e. The van der Waals surface area contributed by atoms with E-state index in [-0.39, 0.29) is 6.03 Å². The number of nitrogens with one attached hydrogen (secondary N) is 3. The van der Waals surface area contributed by atoms with E-state index in [0.29, 0.717) is 30.6 Å². The zero-order valence-electron chi connectivity index (χ0n) is 15.3. The van der Waals surface area contributed by atoms with Crippen LogP contribution in [0.2, 0.25) is 0 Å². The third-order valence-electron chi connectivity index (χ3n) is 3.52. The van der Waals surface area contributed by atoms with Crippen LogP contribution in [-0.2, 0) is 6.54 Å². The summed E-state index contributed by atoms with van der Waals surface area (Å²) < 4.78 is 5.58. The summed E-state index contributed by atoms with van der Waals surface area (Å²) in [6, 6.07) is 13.8. The Hall–Kier alpha value is -2.69. The molecule has 25 heavy (non-hydrogen) atoms. The van der Waals surface area contributed by atoms with Crippen molar-refractivity contribution in [3.8, 4) is 5.75 Å². The van der Waals surface area contributed by atoms with Gasteiger partial charge in [-0.3, -0.25) is 0 Å². The Morgan fingerprint density at radius 1 is 1.16 bits per heavy atom. The molecule has 0 radical (unpaired) electrons. The first-order valence-corrected chi connectivity index (χ1v) is 8.61. The first kappa shape index (κ1) is 18.6. The topological polar surface area (TPSA) is 62.4 Å². The van der Waals surface area contributed by atoms with E-state index in [0.717, 1.165) is 16.8 Å². The second-order valence-corrected chi connectivity index (χ2v) is 6.24. The highest BCUT2D eigenvalue weighted by atomic mass is 16.5. The Balaban J connectivity index is 1.95. The van der Waals surface area contributed by atoms with Gasteiger partial charge < -0.3 is 20.7 Å². The average Bonchev–Trinajstić information content (AvgIpc) is 2.55. The molecule has 3 N–H and O–H groups in total. The zero-order valence-corrected chi connectivity index (χ0v) is 15.3. The second-order valence-electron chi connectivity index (χ2n) is 6.24. The average molecular weight is 341 g/mol. The number of urea groups is 1. The monoisotopic (exact) mass is 341 g/mol. The van der Waals surface area contributed by atoms with Gasteiger partial charge in [-0.25, -0.2) is 4.79 Å². The summed E-state index contributed by atoms with van der Waals surface area (Å²) >= 11 is 0. The highest BCUT2D eigenvalue weighted by Gasteiger charge is 2.08. The predicted molar refractivity (Wildman–Crippen MR) is 103 cm³/mol. The number of hydrogen-bond donors (Lipinski definition) is 3. The molecule has 134 valence electrons. The Kier molecular flexibility index (Phi) is 6.69. The zero-order chi connectivity index (χ0) is 18.2. The fraction of sp³-hybridized carbons (Fsp3) is 0.350. The van der Waals surface area contributed by atoms with E-state index in [1.807, 2.05) is 56.3 Å². The van der Waals surface area contributed by atoms with E-state index in [4.69, 9.17) is 4.74 Å². The molecule has 0 bridgehead atoms. The summed E-state index contributed by atoms with van der Waals surface area (Å²) in [5, 5.41) is 9.08. The van der Waals surface area contributed by atoms with E-state index in [9.17, 15) is 4.79 Å². The molecule has 0 aliphatic carbocycles. The van der Waals surface area contributed by atoms with Crippen molar-refractivity contribution in [2.24, 2.45) is 0 Å². The van der Waals surface area contributed by atoms with Crippen molar-refractivity contribution >= 4 is 17.4 Å². The molecule has 0 unspecified atom stereocenters. The van der Waals surface area contributed by atoms with Gasteiger partial charge in [0, 0.05) is 18.3 Å². The normalized spacial score (nSPS) is 10.4. The number of rotatable bonds is 7. The van der Waals surface area contributed by atoms with Gasteiger partial charge in [0.25, 0.3) is 0 Å². The quantitative estimate of drug-likeness (QED) is 0.693. The molecule has 0 heterocycles. The van der Waals surface area contributed by atoms with Crippen LogP contribution in [0.3, 0.4) is 0 Å². The van der Waals surface area contributed by atoms with Crippen molar-refractivity contribution in [1.82, 2.24) is 5.32 Å². The lowest BCUT2D eigenvalue weighted by atomic mass is 10.2. The van der Waals surface area contributed by atoms with Crippen molar-refractivity contribution in [1.29, 1.82) is 0 Å². The minimum absolute atomic E-state index is 0.257. The smallest absolute Gasteiger partial charge is 0.319 e. The van der Waals surface area contributed by atoms with Gasteiger partial charge in [-0.15, -0.1) is 0 Å². The van der Waals surface area contributed by atoms with Crippen LogP contribution < -0.4 is 20.7 Å². The van der Waals surface area contributed by atoms with Gasteiger partial charge >= 0.3 is 6.03 Å². The van der Waals surface area contributed by atoms with Gasteiger partial charge in [-0.05, 0) is 63.1 Å². The van der Waals surface area contributed by atoms with E-state index in [1.165, 1.54) is 0 Å². The molecule has 0 aliphatic rings. The van der Waals surface area contributed by atoms with Gasteiger partial charge in [0.05, 0.1) is 12.3 Å². The molecule has 5 nitrogen and oxygen atoms in total. The van der Waals surface area contributed by atoms with Crippen LogP contribution in [0.25, 0.3) is 0 Å². The van der Waals surface area contributed by atoms with Gasteiger partial charge in [-0.1, -0.05) is 18.2 Å². The molecule has 0 spiro atoms. The largest absolute Gasteiger partial charge is 0.492 e. The van der Waals surface area contributed by atoms with Crippen molar-refractivity contribution in [3.05, 3.63) is 53.6 Å². The molecule has 2 aromatic carbocycles. The number of ether oxygens (including phenoxy) is 1. The summed E-state index contributed by atoms with van der Waals surface area (Å²) in [5.74, 6) is 0.681. The molecular formula is C20H27N3O2. The number of benzene rings is 2. The fourth-order valence-electron chi connectivity index (χ4n) is 2.46. The first-order chi connectivity index (χ1) is 12.0. The van der Waals surface area contributed by atoms with Crippen LogP contribution in [0.5, 0.6) is 5.75 Å². The van der Waals surface area contributed by atoms with Gasteiger partial charge in [0.15, 0.2) is 0 Å². The van der Waals surface area contributed by atoms with E-state index in [2.05, 4.69) is 29.8 Å². The fourth-order valence-corrected chi connectivity index (χ4v) is 2.46. The maximum atomic E-state index is 12.2. The number of aryl methyl sites for hydroxylation is 1. The number of carbonyl (C=O) groups is 1. The van der Waals surface area contributed by atoms with Crippen LogP contribution in [-0.4, -0.2) is 18.7 Å². The van der Waals surface area contributed by atoms with Crippen molar-refractivity contribution in [3.63, 3.8) is 0 Å². The molecule has 0 saturated heterocycles. The van der Waals surface area contributed by atoms with Crippen LogP contribution in [0.15, 0.2) is 42.5 Å². The Morgan fingerprint density at radius 3 is 2.68 bits per heavy atom. The molecule has 2 aromatic rings. The maximum Gasteiger partial charge on any atom is 0.319 e. The molecule has 2 amide bonds. The number of anilines is 2. The van der Waals surface area contributed by atoms with Crippen molar-refractivity contribution in [2.45, 2.75) is 40.3 Å². The molecule has 5 heteroatoms. The molecule has 0 saturated carbocycles. The first-order valence-electron chi connectivity index (χ1n) is 8.61. The van der Waals surface area contributed by atoms with Crippen LogP contribution in [0.4, 0.5) is 16.2 Å². The van der Waals surface area contributed by atoms with Crippen LogP contribution in [0.1, 0.15) is 31.9 Å². The highest BCUT2D eigenvalue weighted by Crippen LogP contribution is 2.25. The van der Waals surface area contributed by atoms with Crippen LogP contribution >= 0.6 is 0 Å². The van der Waals surface area contributed by atoms with Gasteiger partial charge in [0.1, 0.15) is 5.75 Å². The number of amides is 2. The summed E-state index contributed by atoms with van der Waals surface area (Å²) in [4.78, 5) is 12.2. The maximum absolute atomic E-state index is 12.2. The lowest BCUT2D eigenvalue weighted by Gasteiger charge is -2.14. The molecule has 0 aliphatic heterocycles. The number of hydrogen-bond acceptors (Lipinski definition) is 3. The minimum atomic E-state index is -0.257. The van der Waals surface area contributed by atoms with Crippen molar-refractivity contribution in [2.75, 3.05) is 17.2 Å². The van der Waals surface area contributed by atoms with E-state index >= 15 is 0 Å². The molecule has 2 rings (SSSR count). The van der Waals surface area contributed by atoms with Crippen molar-refractivity contribution < 1.29 is 9.53 Å². The van der Waals surface area contributed by atoms with Crippen LogP contribution in [0, 0.1) is 6.92 Å².